The number of halogens is 1. The van der Waals surface area contributed by atoms with Gasteiger partial charge in [-0.2, -0.15) is 0 Å². The van der Waals surface area contributed by atoms with Crippen LogP contribution in [0.15, 0.2) is 43.0 Å². The summed E-state index contributed by atoms with van der Waals surface area (Å²) in [4.78, 5) is 0. The molecule has 0 saturated heterocycles. The highest BCUT2D eigenvalue weighted by molar-refractivity contribution is 5.77. The second-order valence-corrected chi connectivity index (χ2v) is 4.77. The molecule has 3 aromatic rings. The number of aromatic nitrogens is 3. The summed E-state index contributed by atoms with van der Waals surface area (Å²) in [5.41, 5.74) is 3.30. The van der Waals surface area contributed by atoms with E-state index in [0.717, 1.165) is 11.0 Å². The maximum atomic E-state index is 14.0. The molecule has 0 fully saturated rings. The molecule has 0 aliphatic carbocycles. The van der Waals surface area contributed by atoms with Crippen LogP contribution in [-0.4, -0.2) is 22.1 Å². The van der Waals surface area contributed by atoms with Crippen molar-refractivity contribution in [3.8, 4) is 11.4 Å². The highest BCUT2D eigenvalue weighted by Gasteiger charge is 2.15. The van der Waals surface area contributed by atoms with Crippen LogP contribution >= 0.6 is 0 Å². The van der Waals surface area contributed by atoms with Crippen LogP contribution in [0.2, 0.25) is 0 Å². The summed E-state index contributed by atoms with van der Waals surface area (Å²) >= 11 is 0. The number of fused-ring (bicyclic) bond motifs is 1. The Morgan fingerprint density at radius 1 is 1.29 bits per heavy atom. The Hall–Kier alpha value is -2.69. The minimum Gasteiger partial charge on any atom is -0.494 e. The average molecular weight is 283 g/mol. The van der Waals surface area contributed by atoms with Crippen molar-refractivity contribution in [3.05, 3.63) is 54.4 Å². The van der Waals surface area contributed by atoms with Gasteiger partial charge in [-0.05, 0) is 30.7 Å². The van der Waals surface area contributed by atoms with Gasteiger partial charge in [-0.3, -0.25) is 0 Å². The zero-order valence-corrected chi connectivity index (χ0v) is 11.8. The highest BCUT2D eigenvalue weighted by Crippen LogP contribution is 2.30. The number of methoxy groups -OCH3 is 1. The molecule has 5 heteroatoms. The van der Waals surface area contributed by atoms with Crippen molar-refractivity contribution >= 4 is 16.6 Å². The van der Waals surface area contributed by atoms with Crippen LogP contribution in [0.4, 0.5) is 4.39 Å². The Bertz CT molecular complexity index is 839. The summed E-state index contributed by atoms with van der Waals surface area (Å²) in [5, 5.41) is 8.25. The molecule has 0 aliphatic rings. The quantitative estimate of drug-likeness (QED) is 0.737. The Balaban J connectivity index is 2.30. The zero-order chi connectivity index (χ0) is 15.0. The van der Waals surface area contributed by atoms with Crippen LogP contribution in [0.5, 0.6) is 5.75 Å². The van der Waals surface area contributed by atoms with Gasteiger partial charge < -0.3 is 4.74 Å². The third kappa shape index (κ3) is 2.16. The van der Waals surface area contributed by atoms with E-state index in [1.54, 1.807) is 17.7 Å². The van der Waals surface area contributed by atoms with Gasteiger partial charge in [0.15, 0.2) is 0 Å². The Morgan fingerprint density at radius 2 is 2.05 bits per heavy atom. The molecule has 0 bridgehead atoms. The molecule has 0 amide bonds. The monoisotopic (exact) mass is 283 g/mol. The van der Waals surface area contributed by atoms with Crippen LogP contribution < -0.4 is 4.74 Å². The van der Waals surface area contributed by atoms with E-state index in [2.05, 4.69) is 16.9 Å². The van der Waals surface area contributed by atoms with E-state index >= 15 is 0 Å². The van der Waals surface area contributed by atoms with Gasteiger partial charge in [-0.1, -0.05) is 23.9 Å². The van der Waals surface area contributed by atoms with Gasteiger partial charge in [-0.15, -0.1) is 5.10 Å². The van der Waals surface area contributed by atoms with Crippen LogP contribution in [-0.2, 0) is 0 Å². The lowest BCUT2D eigenvalue weighted by atomic mass is 10.1. The maximum absolute atomic E-state index is 14.0. The number of hydrogen-bond donors (Lipinski definition) is 0. The first kappa shape index (κ1) is 13.3. The first-order valence-corrected chi connectivity index (χ1v) is 6.46. The molecule has 4 nitrogen and oxygen atoms in total. The summed E-state index contributed by atoms with van der Waals surface area (Å²) < 4.78 is 21.0. The van der Waals surface area contributed by atoms with Gasteiger partial charge in [0.25, 0.3) is 0 Å². The Labute approximate surface area is 121 Å². The number of ether oxygens (including phenoxy) is 1. The fourth-order valence-electron chi connectivity index (χ4n) is 2.25. The molecule has 3 rings (SSSR count). The van der Waals surface area contributed by atoms with E-state index < -0.39 is 0 Å². The summed E-state index contributed by atoms with van der Waals surface area (Å²) in [7, 11) is 1.50. The standard InChI is InChI=1S/C16H14FN3O/c1-10(2)11-8-15(16(21-3)9-12(11)17)20-14-7-5-4-6-13(14)18-19-20/h4-9H,1H2,2-3H3. The third-order valence-corrected chi connectivity index (χ3v) is 3.31. The van der Waals surface area contributed by atoms with E-state index in [9.17, 15) is 4.39 Å². The molecule has 2 aromatic carbocycles. The third-order valence-electron chi connectivity index (χ3n) is 3.31. The van der Waals surface area contributed by atoms with Crippen LogP contribution in [0.3, 0.4) is 0 Å². The van der Waals surface area contributed by atoms with Crippen molar-refractivity contribution < 1.29 is 9.13 Å². The average Bonchev–Trinajstić information content (AvgIpc) is 2.90. The van der Waals surface area contributed by atoms with Crippen molar-refractivity contribution in [2.45, 2.75) is 6.92 Å². The molecule has 0 radical (unpaired) electrons. The SMILES string of the molecule is C=C(C)c1cc(-n2nnc3ccccc32)c(OC)cc1F. The summed E-state index contributed by atoms with van der Waals surface area (Å²) in [6.07, 6.45) is 0. The number of benzene rings is 2. The molecule has 0 spiro atoms. The Morgan fingerprint density at radius 3 is 2.76 bits per heavy atom. The smallest absolute Gasteiger partial charge is 0.147 e. The second-order valence-electron chi connectivity index (χ2n) is 4.77. The molecule has 21 heavy (non-hydrogen) atoms. The topological polar surface area (TPSA) is 39.9 Å². The van der Waals surface area contributed by atoms with Crippen LogP contribution in [0, 0.1) is 5.82 Å². The van der Waals surface area contributed by atoms with Crippen molar-refractivity contribution in [2.24, 2.45) is 0 Å². The fraction of sp³-hybridized carbons (Fsp3) is 0.125. The normalized spacial score (nSPS) is 10.8. The number of allylic oxidation sites excluding steroid dienone is 1. The van der Waals surface area contributed by atoms with Gasteiger partial charge in [0.2, 0.25) is 0 Å². The molecule has 0 N–H and O–H groups in total. The summed E-state index contributed by atoms with van der Waals surface area (Å²) in [5.74, 6) is 0.0284. The fourth-order valence-corrected chi connectivity index (χ4v) is 2.25. The van der Waals surface area contributed by atoms with E-state index in [1.165, 1.54) is 13.2 Å². The minimum atomic E-state index is -0.368. The van der Waals surface area contributed by atoms with E-state index in [1.807, 2.05) is 24.3 Å². The lowest BCUT2D eigenvalue weighted by Gasteiger charge is -2.12. The number of para-hydroxylation sites is 1. The second kappa shape index (κ2) is 5.01. The van der Waals surface area contributed by atoms with Gasteiger partial charge in [0, 0.05) is 11.6 Å². The first-order chi connectivity index (χ1) is 10.1. The van der Waals surface area contributed by atoms with Crippen LogP contribution in [0.1, 0.15) is 12.5 Å². The molecule has 1 heterocycles. The van der Waals surface area contributed by atoms with Crippen molar-refractivity contribution in [2.75, 3.05) is 7.11 Å². The molecule has 0 unspecified atom stereocenters. The molecule has 0 saturated carbocycles. The summed E-state index contributed by atoms with van der Waals surface area (Å²) in [6.45, 7) is 5.56. The van der Waals surface area contributed by atoms with Gasteiger partial charge in [0.1, 0.15) is 22.8 Å². The van der Waals surface area contributed by atoms with Crippen molar-refractivity contribution in [1.82, 2.24) is 15.0 Å². The number of rotatable bonds is 3. The minimum absolute atomic E-state index is 0.368. The number of hydrogen-bond acceptors (Lipinski definition) is 3. The molecule has 1 aromatic heterocycles. The van der Waals surface area contributed by atoms with Gasteiger partial charge in [-0.25, -0.2) is 9.07 Å². The molecule has 106 valence electrons. The van der Waals surface area contributed by atoms with Crippen LogP contribution in [0.25, 0.3) is 22.3 Å². The Kier molecular flexibility index (Phi) is 3.17. The van der Waals surface area contributed by atoms with E-state index in [0.29, 0.717) is 22.6 Å². The maximum Gasteiger partial charge on any atom is 0.147 e. The lowest BCUT2D eigenvalue weighted by Crippen LogP contribution is -2.02. The predicted molar refractivity (Wildman–Crippen MR) is 80.1 cm³/mol. The summed E-state index contributed by atoms with van der Waals surface area (Å²) in [6, 6.07) is 10.6. The van der Waals surface area contributed by atoms with E-state index in [-0.39, 0.29) is 5.82 Å². The van der Waals surface area contributed by atoms with Crippen molar-refractivity contribution in [1.29, 1.82) is 0 Å². The first-order valence-electron chi connectivity index (χ1n) is 6.46. The molecule has 0 aliphatic heterocycles. The van der Waals surface area contributed by atoms with E-state index in [4.69, 9.17) is 4.74 Å². The highest BCUT2D eigenvalue weighted by atomic mass is 19.1. The zero-order valence-electron chi connectivity index (χ0n) is 11.8. The molecular weight excluding hydrogens is 269 g/mol. The largest absolute Gasteiger partial charge is 0.494 e. The predicted octanol–water partition coefficient (Wildman–Crippen LogP) is 3.60. The molecular formula is C16H14FN3O. The van der Waals surface area contributed by atoms with Gasteiger partial charge >= 0.3 is 0 Å². The lowest BCUT2D eigenvalue weighted by molar-refractivity contribution is 0.408. The number of nitrogens with zero attached hydrogens (tertiary/aromatic N) is 3. The molecule has 0 atom stereocenters. The van der Waals surface area contributed by atoms with Crippen molar-refractivity contribution in [3.63, 3.8) is 0 Å². The van der Waals surface area contributed by atoms with Gasteiger partial charge in [0.05, 0.1) is 12.6 Å².